The maximum atomic E-state index is 12.9. The van der Waals surface area contributed by atoms with Crippen molar-refractivity contribution < 1.29 is 19.0 Å². The van der Waals surface area contributed by atoms with E-state index in [-0.39, 0.29) is 24.2 Å². The number of nitrogens with zero attached hydrogens (tertiary/aromatic N) is 4. The second-order valence-electron chi connectivity index (χ2n) is 10.5. The van der Waals surface area contributed by atoms with Crippen LogP contribution in [0.2, 0.25) is 0 Å². The molecule has 0 spiro atoms. The van der Waals surface area contributed by atoms with E-state index in [1.54, 1.807) is 13.4 Å². The molecule has 11 heteroatoms. The number of amides is 1. The number of rotatable bonds is 8. The highest BCUT2D eigenvalue weighted by Crippen LogP contribution is 2.35. The lowest BCUT2D eigenvalue weighted by Crippen LogP contribution is -2.66. The van der Waals surface area contributed by atoms with Crippen molar-refractivity contribution in [2.45, 2.75) is 18.8 Å². The van der Waals surface area contributed by atoms with Gasteiger partial charge in [0.1, 0.15) is 31.1 Å². The Morgan fingerprint density at radius 2 is 1.90 bits per heavy atom. The number of morpholine rings is 1. The average Bonchev–Trinajstić information content (AvgIpc) is 3.01. The molecule has 212 valence electrons. The Kier molecular flexibility index (Phi) is 8.24. The van der Waals surface area contributed by atoms with E-state index in [9.17, 15) is 4.79 Å². The molecule has 1 amide bonds. The van der Waals surface area contributed by atoms with E-state index in [2.05, 4.69) is 47.9 Å². The van der Waals surface area contributed by atoms with Crippen LogP contribution in [0.25, 0.3) is 10.9 Å². The van der Waals surface area contributed by atoms with Crippen molar-refractivity contribution in [1.82, 2.24) is 30.8 Å². The van der Waals surface area contributed by atoms with E-state index in [0.717, 1.165) is 62.4 Å². The summed E-state index contributed by atoms with van der Waals surface area (Å²) in [6.07, 6.45) is 2.17. The molecule has 6 rings (SSSR count). The Labute approximate surface area is 234 Å². The molecule has 40 heavy (non-hydrogen) atoms. The molecule has 3 saturated heterocycles. The smallest absolute Gasteiger partial charge is 0.226 e. The Balaban J connectivity index is 1.09. The van der Waals surface area contributed by atoms with Gasteiger partial charge in [-0.1, -0.05) is 30.3 Å². The summed E-state index contributed by atoms with van der Waals surface area (Å²) < 4.78 is 17.5. The molecule has 0 bridgehead atoms. The van der Waals surface area contributed by atoms with Crippen LogP contribution in [0.4, 0.5) is 5.82 Å². The van der Waals surface area contributed by atoms with E-state index < -0.39 is 0 Å². The van der Waals surface area contributed by atoms with Crippen LogP contribution in [-0.2, 0) is 16.0 Å². The number of carbonyl (C=O) groups excluding carboxylic acids is 1. The number of ether oxygens (including phenoxy) is 3. The summed E-state index contributed by atoms with van der Waals surface area (Å²) >= 11 is 0. The van der Waals surface area contributed by atoms with Crippen LogP contribution in [0.15, 0.2) is 48.8 Å². The van der Waals surface area contributed by atoms with Crippen molar-refractivity contribution in [3.8, 4) is 11.5 Å². The van der Waals surface area contributed by atoms with E-state index in [0.29, 0.717) is 31.3 Å². The second kappa shape index (κ2) is 12.3. The molecule has 3 N–H and O–H groups in total. The first-order valence-corrected chi connectivity index (χ1v) is 14.0. The summed E-state index contributed by atoms with van der Waals surface area (Å²) in [5.74, 6) is 2.19. The van der Waals surface area contributed by atoms with Crippen LogP contribution in [0, 0.1) is 5.92 Å². The quantitative estimate of drug-likeness (QED) is 0.377. The lowest BCUT2D eigenvalue weighted by atomic mass is 9.97. The molecule has 0 radical (unpaired) electrons. The summed E-state index contributed by atoms with van der Waals surface area (Å²) in [5, 5.41) is 11.0. The van der Waals surface area contributed by atoms with Crippen molar-refractivity contribution in [2.24, 2.45) is 5.92 Å². The van der Waals surface area contributed by atoms with Gasteiger partial charge in [-0.15, -0.1) is 0 Å². The molecule has 0 saturated carbocycles. The first kappa shape index (κ1) is 26.7. The van der Waals surface area contributed by atoms with Crippen LogP contribution in [0.1, 0.15) is 5.56 Å². The molecule has 3 fully saturated rings. The minimum absolute atomic E-state index is 0.00349. The van der Waals surface area contributed by atoms with Gasteiger partial charge >= 0.3 is 0 Å². The van der Waals surface area contributed by atoms with Crippen LogP contribution in [0.3, 0.4) is 0 Å². The molecule has 3 aliphatic heterocycles. The predicted octanol–water partition coefficient (Wildman–Crippen LogP) is 0.990. The van der Waals surface area contributed by atoms with E-state index in [4.69, 9.17) is 14.2 Å². The summed E-state index contributed by atoms with van der Waals surface area (Å²) in [6.45, 7) is 6.53. The maximum absolute atomic E-state index is 12.9. The first-order valence-electron chi connectivity index (χ1n) is 14.0. The van der Waals surface area contributed by atoms with Gasteiger partial charge in [0.05, 0.1) is 25.2 Å². The standard InChI is InChI=1S/C29H37N7O4/c1-38-25-15-24-23(14-26(25)40-18-22-17-30-7-12-39-22)27(33-19-32-24)35-8-10-36(11-9-35)29-31-16-21(28(37)34-29)13-20-5-3-2-4-6-20/h2-6,14-15,19,21-22,29-31H,7-13,16-18H2,1H3,(H,34,37)/t21?,22-,29?/m1/s1. The molecular formula is C29H37N7O4. The Bertz CT molecular complexity index is 1300. The number of methoxy groups -OCH3 is 1. The number of fused-ring (bicyclic) bond motifs is 1. The summed E-state index contributed by atoms with van der Waals surface area (Å²) in [4.78, 5) is 26.6. The number of nitrogens with one attached hydrogen (secondary N) is 3. The molecule has 2 aromatic carbocycles. The van der Waals surface area contributed by atoms with Gasteiger partial charge in [-0.2, -0.15) is 0 Å². The highest BCUT2D eigenvalue weighted by molar-refractivity contribution is 5.92. The Hall–Kier alpha value is -3.51. The minimum Gasteiger partial charge on any atom is -0.493 e. The van der Waals surface area contributed by atoms with E-state index in [1.807, 2.05) is 30.3 Å². The molecule has 1 aromatic heterocycles. The van der Waals surface area contributed by atoms with Crippen LogP contribution in [-0.4, -0.2) is 99.3 Å². The molecule has 4 heterocycles. The number of aromatic nitrogens is 2. The molecule has 2 unspecified atom stereocenters. The third-order valence-corrected chi connectivity index (χ3v) is 7.84. The topological polar surface area (TPSA) is 113 Å². The van der Waals surface area contributed by atoms with Gasteiger partial charge in [0.2, 0.25) is 5.91 Å². The minimum atomic E-state index is -0.162. The summed E-state index contributed by atoms with van der Waals surface area (Å²) in [5.41, 5.74) is 1.98. The first-order chi connectivity index (χ1) is 19.7. The average molecular weight is 548 g/mol. The van der Waals surface area contributed by atoms with E-state index >= 15 is 0 Å². The molecule has 11 nitrogen and oxygen atoms in total. The summed E-state index contributed by atoms with van der Waals surface area (Å²) in [6, 6.07) is 14.0. The fourth-order valence-corrected chi connectivity index (χ4v) is 5.61. The fourth-order valence-electron chi connectivity index (χ4n) is 5.61. The van der Waals surface area contributed by atoms with Crippen LogP contribution >= 0.6 is 0 Å². The third-order valence-electron chi connectivity index (χ3n) is 7.84. The third kappa shape index (κ3) is 5.97. The van der Waals surface area contributed by atoms with E-state index in [1.165, 1.54) is 5.56 Å². The zero-order chi connectivity index (χ0) is 27.3. The highest BCUT2D eigenvalue weighted by Gasteiger charge is 2.33. The number of carbonyl (C=O) groups is 1. The normalized spacial score (nSPS) is 24.1. The Morgan fingerprint density at radius 3 is 2.65 bits per heavy atom. The van der Waals surface area contributed by atoms with Crippen molar-refractivity contribution in [3.63, 3.8) is 0 Å². The zero-order valence-electron chi connectivity index (χ0n) is 22.8. The zero-order valence-corrected chi connectivity index (χ0v) is 22.8. The number of hydrogen-bond donors (Lipinski definition) is 3. The lowest BCUT2D eigenvalue weighted by Gasteiger charge is -2.42. The fraction of sp³-hybridized carbons (Fsp3) is 0.483. The molecule has 3 atom stereocenters. The van der Waals surface area contributed by atoms with Gasteiger partial charge in [0.25, 0.3) is 0 Å². The number of hydrogen-bond acceptors (Lipinski definition) is 10. The summed E-state index contributed by atoms with van der Waals surface area (Å²) in [7, 11) is 1.63. The number of anilines is 1. The molecule has 3 aromatic rings. The Morgan fingerprint density at radius 1 is 1.05 bits per heavy atom. The van der Waals surface area contributed by atoms with Crippen molar-refractivity contribution in [3.05, 3.63) is 54.4 Å². The largest absolute Gasteiger partial charge is 0.493 e. The maximum Gasteiger partial charge on any atom is 0.226 e. The van der Waals surface area contributed by atoms with Crippen LogP contribution < -0.4 is 30.3 Å². The predicted molar refractivity (Wildman–Crippen MR) is 152 cm³/mol. The van der Waals surface area contributed by atoms with Crippen molar-refractivity contribution in [2.75, 3.05) is 71.0 Å². The number of piperazine rings is 1. The highest BCUT2D eigenvalue weighted by atomic mass is 16.5. The second-order valence-corrected chi connectivity index (χ2v) is 10.5. The molecule has 3 aliphatic rings. The van der Waals surface area contributed by atoms with Gasteiger partial charge < -0.3 is 29.7 Å². The monoisotopic (exact) mass is 547 g/mol. The van der Waals surface area contributed by atoms with Gasteiger partial charge in [0, 0.05) is 57.3 Å². The van der Waals surface area contributed by atoms with Crippen molar-refractivity contribution >= 4 is 22.6 Å². The lowest BCUT2D eigenvalue weighted by molar-refractivity contribution is -0.130. The SMILES string of the molecule is COc1cc2ncnc(N3CCN(C4NCC(Cc5ccccc5)C(=O)N4)CC3)c2cc1OC[C@H]1CNCCO1. The van der Waals surface area contributed by atoms with Gasteiger partial charge in [-0.05, 0) is 18.1 Å². The molecular weight excluding hydrogens is 510 g/mol. The molecule has 0 aliphatic carbocycles. The van der Waals surface area contributed by atoms with Gasteiger partial charge in [-0.25, -0.2) is 9.97 Å². The number of benzene rings is 2. The van der Waals surface area contributed by atoms with Crippen LogP contribution in [0.5, 0.6) is 11.5 Å². The van der Waals surface area contributed by atoms with Gasteiger partial charge in [0.15, 0.2) is 11.5 Å². The van der Waals surface area contributed by atoms with Crippen molar-refractivity contribution in [1.29, 1.82) is 0 Å². The van der Waals surface area contributed by atoms with Gasteiger partial charge in [-0.3, -0.25) is 15.0 Å².